The maximum absolute atomic E-state index is 14.4. The van der Waals surface area contributed by atoms with Crippen LogP contribution in [0.3, 0.4) is 0 Å². The Morgan fingerprint density at radius 2 is 1.76 bits per heavy atom. The average Bonchev–Trinajstić information content (AvgIpc) is 3.09. The van der Waals surface area contributed by atoms with E-state index in [1.807, 2.05) is 49.4 Å². The predicted octanol–water partition coefficient (Wildman–Crippen LogP) is 5.40. The number of hydrogen-bond donors (Lipinski definition) is 3. The Labute approximate surface area is 202 Å². The van der Waals surface area contributed by atoms with Crippen LogP contribution in [0.15, 0.2) is 47.3 Å². The topological polar surface area (TPSA) is 87.1 Å². The van der Waals surface area contributed by atoms with Crippen LogP contribution in [0, 0.1) is 12.7 Å². The third-order valence-electron chi connectivity index (χ3n) is 5.59. The molecule has 2 aromatic heterocycles. The number of benzene rings is 2. The Balaban J connectivity index is 1.51. The van der Waals surface area contributed by atoms with Crippen molar-refractivity contribution in [2.24, 2.45) is 0 Å². The molecule has 0 unspecified atom stereocenters. The number of nitrogens with one attached hydrogen (secondary N) is 3. The van der Waals surface area contributed by atoms with Crippen LogP contribution >= 0.6 is 11.6 Å². The highest BCUT2D eigenvalue weighted by atomic mass is 35.5. The molecule has 2 heterocycles. The third kappa shape index (κ3) is 5.07. The van der Waals surface area contributed by atoms with E-state index in [0.717, 1.165) is 28.3 Å². The van der Waals surface area contributed by atoms with Gasteiger partial charge in [-0.15, -0.1) is 0 Å². The molecule has 34 heavy (non-hydrogen) atoms. The molecule has 4 aromatic rings. The molecule has 0 bridgehead atoms. The summed E-state index contributed by atoms with van der Waals surface area (Å²) in [5.41, 5.74) is 2.99. The lowest BCUT2D eigenvalue weighted by molar-refractivity contribution is 0.590. The standard InChI is InChI=1S/C25H28ClFN6O/c1-15-14-18(10-11-19(15)26)28-12-5-13-29-24-31-21(30-22-20(27)23(34)32-33(22)24)16-6-8-17(9-7-16)25(2,3)4/h6-11,14,28H,5,12-13H2,1-4H3,(H,32,34)(H,29,30,31). The molecule has 4 rings (SSSR count). The summed E-state index contributed by atoms with van der Waals surface area (Å²) >= 11 is 6.07. The van der Waals surface area contributed by atoms with E-state index in [1.165, 1.54) is 10.1 Å². The summed E-state index contributed by atoms with van der Waals surface area (Å²) in [4.78, 5) is 20.8. The van der Waals surface area contributed by atoms with Crippen molar-refractivity contribution in [1.82, 2.24) is 19.6 Å². The van der Waals surface area contributed by atoms with E-state index in [1.54, 1.807) is 0 Å². The van der Waals surface area contributed by atoms with E-state index in [-0.39, 0.29) is 11.1 Å². The molecule has 0 saturated carbocycles. The van der Waals surface area contributed by atoms with Gasteiger partial charge in [0.25, 0.3) is 0 Å². The average molecular weight is 483 g/mol. The summed E-state index contributed by atoms with van der Waals surface area (Å²) in [6.07, 6.45) is 0.761. The quantitative estimate of drug-likeness (QED) is 0.307. The second-order valence-electron chi connectivity index (χ2n) is 9.28. The second kappa shape index (κ2) is 9.46. The lowest BCUT2D eigenvalue weighted by Gasteiger charge is -2.19. The fourth-order valence-corrected chi connectivity index (χ4v) is 3.69. The zero-order valence-corrected chi connectivity index (χ0v) is 20.4. The Hall–Kier alpha value is -3.39. The summed E-state index contributed by atoms with van der Waals surface area (Å²) in [7, 11) is 0. The van der Waals surface area contributed by atoms with E-state index >= 15 is 0 Å². The first-order valence-electron chi connectivity index (χ1n) is 11.2. The van der Waals surface area contributed by atoms with Gasteiger partial charge < -0.3 is 10.6 Å². The van der Waals surface area contributed by atoms with E-state index < -0.39 is 11.4 Å². The molecule has 0 radical (unpaired) electrons. The molecule has 178 valence electrons. The number of nitrogens with zero attached hydrogens (tertiary/aromatic N) is 3. The number of aromatic amines is 1. The zero-order valence-electron chi connectivity index (χ0n) is 19.7. The van der Waals surface area contributed by atoms with Gasteiger partial charge in [0.05, 0.1) is 0 Å². The number of rotatable bonds is 7. The van der Waals surface area contributed by atoms with Gasteiger partial charge in [-0.2, -0.15) is 13.9 Å². The molecule has 0 saturated heterocycles. The van der Waals surface area contributed by atoms with Crippen molar-refractivity contribution in [3.8, 4) is 11.4 Å². The van der Waals surface area contributed by atoms with Crippen LogP contribution in [0.5, 0.6) is 0 Å². The Bertz CT molecular complexity index is 1370. The first-order valence-corrected chi connectivity index (χ1v) is 11.5. The molecule has 0 amide bonds. The summed E-state index contributed by atoms with van der Waals surface area (Å²) in [5, 5.41) is 9.73. The van der Waals surface area contributed by atoms with Crippen molar-refractivity contribution >= 4 is 28.9 Å². The van der Waals surface area contributed by atoms with Crippen molar-refractivity contribution in [3.63, 3.8) is 0 Å². The van der Waals surface area contributed by atoms with E-state index in [2.05, 4.69) is 46.5 Å². The Morgan fingerprint density at radius 1 is 1.06 bits per heavy atom. The van der Waals surface area contributed by atoms with E-state index in [9.17, 15) is 9.18 Å². The molecule has 3 N–H and O–H groups in total. The molecule has 0 aliphatic heterocycles. The fourth-order valence-electron chi connectivity index (χ4n) is 3.57. The number of hydrogen-bond acceptors (Lipinski definition) is 5. The monoisotopic (exact) mass is 482 g/mol. The molecule has 0 fully saturated rings. The minimum absolute atomic E-state index is 0.00879. The molecular formula is C25H28ClFN6O. The van der Waals surface area contributed by atoms with Crippen LogP contribution in [-0.4, -0.2) is 32.7 Å². The maximum Gasteiger partial charge on any atom is 0.302 e. The van der Waals surface area contributed by atoms with Crippen molar-refractivity contribution in [2.45, 2.75) is 39.5 Å². The van der Waals surface area contributed by atoms with Gasteiger partial charge in [0.2, 0.25) is 11.8 Å². The van der Waals surface area contributed by atoms with E-state index in [4.69, 9.17) is 11.6 Å². The largest absolute Gasteiger partial charge is 0.385 e. The van der Waals surface area contributed by atoms with Crippen LogP contribution in [0.4, 0.5) is 16.0 Å². The van der Waals surface area contributed by atoms with Crippen LogP contribution in [0.25, 0.3) is 17.0 Å². The maximum atomic E-state index is 14.4. The number of fused-ring (bicyclic) bond motifs is 1. The Morgan fingerprint density at radius 3 is 2.44 bits per heavy atom. The molecule has 0 atom stereocenters. The van der Waals surface area contributed by atoms with Gasteiger partial charge in [0.15, 0.2) is 11.5 Å². The van der Waals surface area contributed by atoms with Crippen LogP contribution < -0.4 is 16.2 Å². The smallest absolute Gasteiger partial charge is 0.302 e. The summed E-state index contributed by atoms with van der Waals surface area (Å²) in [6, 6.07) is 13.6. The van der Waals surface area contributed by atoms with Crippen LogP contribution in [0.1, 0.15) is 38.3 Å². The van der Waals surface area contributed by atoms with Crippen molar-refractivity contribution in [2.75, 3.05) is 23.7 Å². The van der Waals surface area contributed by atoms with Crippen LogP contribution in [0.2, 0.25) is 5.02 Å². The van der Waals surface area contributed by atoms with Gasteiger partial charge >= 0.3 is 5.56 Å². The minimum atomic E-state index is -0.933. The highest BCUT2D eigenvalue weighted by Gasteiger charge is 2.18. The normalized spacial score (nSPS) is 11.7. The summed E-state index contributed by atoms with van der Waals surface area (Å²) in [6.45, 7) is 9.63. The number of anilines is 2. The Kier molecular flexibility index (Phi) is 6.61. The highest BCUT2D eigenvalue weighted by molar-refractivity contribution is 6.31. The minimum Gasteiger partial charge on any atom is -0.385 e. The SMILES string of the molecule is Cc1cc(NCCCNc2nc(-c3ccc(C(C)(C)C)cc3)nc3c(F)c(=O)[nH]n23)ccc1Cl. The molecule has 0 aliphatic carbocycles. The van der Waals surface area contributed by atoms with Gasteiger partial charge in [0.1, 0.15) is 0 Å². The van der Waals surface area contributed by atoms with Gasteiger partial charge in [-0.3, -0.25) is 9.89 Å². The molecule has 2 aromatic carbocycles. The fraction of sp³-hybridized carbons (Fsp3) is 0.320. The van der Waals surface area contributed by atoms with Crippen LogP contribution in [-0.2, 0) is 5.41 Å². The predicted molar refractivity (Wildman–Crippen MR) is 135 cm³/mol. The third-order valence-corrected chi connectivity index (χ3v) is 6.01. The molecule has 7 nitrogen and oxygen atoms in total. The van der Waals surface area contributed by atoms with Gasteiger partial charge in [-0.05, 0) is 48.1 Å². The molecule has 9 heteroatoms. The lowest BCUT2D eigenvalue weighted by atomic mass is 9.87. The van der Waals surface area contributed by atoms with Gasteiger partial charge in [-0.1, -0.05) is 56.6 Å². The summed E-state index contributed by atoms with van der Waals surface area (Å²) < 4.78 is 15.7. The van der Waals surface area contributed by atoms with Crippen molar-refractivity contribution < 1.29 is 4.39 Å². The molecule has 0 aliphatic rings. The first-order chi connectivity index (χ1) is 16.1. The molecule has 0 spiro atoms. The second-order valence-corrected chi connectivity index (χ2v) is 9.69. The number of halogens is 2. The number of aryl methyl sites for hydroxylation is 1. The zero-order chi connectivity index (χ0) is 24.5. The molecular weight excluding hydrogens is 455 g/mol. The highest BCUT2D eigenvalue weighted by Crippen LogP contribution is 2.26. The number of H-pyrrole nitrogens is 1. The van der Waals surface area contributed by atoms with Gasteiger partial charge in [-0.25, -0.2) is 4.98 Å². The van der Waals surface area contributed by atoms with Gasteiger partial charge in [0, 0.05) is 29.4 Å². The number of aromatic nitrogens is 4. The van der Waals surface area contributed by atoms with Crippen molar-refractivity contribution in [3.05, 3.63) is 74.8 Å². The lowest BCUT2D eigenvalue weighted by Crippen LogP contribution is -2.14. The van der Waals surface area contributed by atoms with Crippen molar-refractivity contribution in [1.29, 1.82) is 0 Å². The summed E-state index contributed by atoms with van der Waals surface area (Å²) in [5.74, 6) is -0.267. The van der Waals surface area contributed by atoms with E-state index in [0.29, 0.717) is 24.9 Å². The first kappa shape index (κ1) is 23.8.